The van der Waals surface area contributed by atoms with Crippen LogP contribution in [0.2, 0.25) is 0 Å². The zero-order valence-electron chi connectivity index (χ0n) is 12.9. The van der Waals surface area contributed by atoms with Gasteiger partial charge in [0.2, 0.25) is 0 Å². The third-order valence-corrected chi connectivity index (χ3v) is 5.24. The van der Waals surface area contributed by atoms with Gasteiger partial charge in [-0.05, 0) is 26.8 Å². The summed E-state index contributed by atoms with van der Waals surface area (Å²) in [5.74, 6) is -0.700. The molecule has 1 N–H and O–H groups in total. The van der Waals surface area contributed by atoms with E-state index in [1.54, 1.807) is 11.3 Å². The second kappa shape index (κ2) is 5.82. The topological polar surface area (TPSA) is 53.4 Å². The molecule has 1 aromatic heterocycles. The summed E-state index contributed by atoms with van der Waals surface area (Å²) in [5.41, 5.74) is 2.79. The molecule has 0 radical (unpaired) electrons. The van der Waals surface area contributed by atoms with E-state index in [2.05, 4.69) is 41.5 Å². The first-order valence-electron chi connectivity index (χ1n) is 7.43. The van der Waals surface area contributed by atoms with E-state index in [0.29, 0.717) is 13.0 Å². The standard InChI is InChI=1S/C17H20N2O2S/c1-12-3-5-13(6-4-12)15-18-14(10-22-15)9-19-8-7-17(2,11-19)16(20)21/h3-6,10H,7-9,11H2,1-2H3,(H,20,21). The van der Waals surface area contributed by atoms with Crippen molar-refractivity contribution in [1.29, 1.82) is 0 Å². The van der Waals surface area contributed by atoms with E-state index in [4.69, 9.17) is 4.98 Å². The summed E-state index contributed by atoms with van der Waals surface area (Å²) in [6.45, 7) is 6.04. The third kappa shape index (κ3) is 3.05. The highest BCUT2D eigenvalue weighted by Gasteiger charge is 2.40. The lowest BCUT2D eigenvalue weighted by atomic mass is 9.90. The number of aromatic nitrogens is 1. The maximum atomic E-state index is 11.3. The average Bonchev–Trinajstić information content (AvgIpc) is 3.08. The van der Waals surface area contributed by atoms with Crippen molar-refractivity contribution in [3.8, 4) is 10.6 Å². The molecule has 116 valence electrons. The Kier molecular flexibility index (Phi) is 4.02. The van der Waals surface area contributed by atoms with Crippen molar-refractivity contribution in [3.05, 3.63) is 40.9 Å². The number of hydrogen-bond donors (Lipinski definition) is 1. The van der Waals surface area contributed by atoms with Gasteiger partial charge in [0.15, 0.2) is 0 Å². The van der Waals surface area contributed by atoms with E-state index in [1.165, 1.54) is 5.56 Å². The predicted octanol–water partition coefficient (Wildman–Crippen LogP) is 3.42. The number of aryl methyl sites for hydroxylation is 1. The quantitative estimate of drug-likeness (QED) is 0.939. The molecule has 5 heteroatoms. The van der Waals surface area contributed by atoms with Crippen molar-refractivity contribution in [2.45, 2.75) is 26.8 Å². The van der Waals surface area contributed by atoms with Gasteiger partial charge in [-0.1, -0.05) is 29.8 Å². The van der Waals surface area contributed by atoms with Gasteiger partial charge in [-0.2, -0.15) is 0 Å². The third-order valence-electron chi connectivity index (χ3n) is 4.30. The molecule has 1 unspecified atom stereocenters. The fourth-order valence-electron chi connectivity index (χ4n) is 2.80. The molecular weight excluding hydrogens is 296 g/mol. The normalized spacial score (nSPS) is 22.1. The summed E-state index contributed by atoms with van der Waals surface area (Å²) in [6.07, 6.45) is 0.706. The van der Waals surface area contributed by atoms with Crippen LogP contribution in [-0.4, -0.2) is 34.0 Å². The molecule has 0 amide bonds. The molecule has 0 saturated carbocycles. The molecule has 0 bridgehead atoms. The minimum Gasteiger partial charge on any atom is -0.481 e. The molecule has 4 nitrogen and oxygen atoms in total. The van der Waals surface area contributed by atoms with Crippen molar-refractivity contribution in [2.24, 2.45) is 5.41 Å². The molecular formula is C17H20N2O2S. The zero-order chi connectivity index (χ0) is 15.7. The first-order valence-corrected chi connectivity index (χ1v) is 8.31. The molecule has 2 aromatic rings. The second-order valence-electron chi connectivity index (χ2n) is 6.34. The second-order valence-corrected chi connectivity index (χ2v) is 7.19. The van der Waals surface area contributed by atoms with Gasteiger partial charge in [-0.25, -0.2) is 4.98 Å². The average molecular weight is 316 g/mol. The van der Waals surface area contributed by atoms with Crippen LogP contribution in [0.15, 0.2) is 29.6 Å². The molecule has 1 aliphatic rings. The number of carbonyl (C=O) groups is 1. The number of aliphatic carboxylic acids is 1. The van der Waals surface area contributed by atoms with Crippen molar-refractivity contribution in [1.82, 2.24) is 9.88 Å². The summed E-state index contributed by atoms with van der Waals surface area (Å²) in [5, 5.41) is 12.4. The highest BCUT2D eigenvalue weighted by atomic mass is 32.1. The maximum Gasteiger partial charge on any atom is 0.310 e. The Morgan fingerprint density at radius 1 is 1.41 bits per heavy atom. The number of likely N-dealkylation sites (tertiary alicyclic amines) is 1. The molecule has 1 aliphatic heterocycles. The lowest BCUT2D eigenvalue weighted by Gasteiger charge is -2.19. The maximum absolute atomic E-state index is 11.3. The largest absolute Gasteiger partial charge is 0.481 e. The van der Waals surface area contributed by atoms with Crippen LogP contribution >= 0.6 is 11.3 Å². The fraction of sp³-hybridized carbons (Fsp3) is 0.412. The highest BCUT2D eigenvalue weighted by Crippen LogP contribution is 2.32. The molecule has 3 rings (SSSR count). The Morgan fingerprint density at radius 2 is 2.14 bits per heavy atom. The summed E-state index contributed by atoms with van der Waals surface area (Å²) < 4.78 is 0. The van der Waals surface area contributed by atoms with Crippen LogP contribution in [0.1, 0.15) is 24.6 Å². The van der Waals surface area contributed by atoms with E-state index in [9.17, 15) is 9.90 Å². The van der Waals surface area contributed by atoms with Gasteiger partial charge in [0.05, 0.1) is 11.1 Å². The monoisotopic (exact) mass is 316 g/mol. The van der Waals surface area contributed by atoms with Gasteiger partial charge < -0.3 is 5.11 Å². The van der Waals surface area contributed by atoms with E-state index in [1.807, 2.05) is 6.92 Å². The minimum atomic E-state index is -0.700. The minimum absolute atomic E-state index is 0.597. The number of nitrogens with zero attached hydrogens (tertiary/aromatic N) is 2. The van der Waals surface area contributed by atoms with Crippen LogP contribution in [-0.2, 0) is 11.3 Å². The number of benzene rings is 1. The number of thiazole rings is 1. The zero-order valence-corrected chi connectivity index (χ0v) is 13.7. The Bertz CT molecular complexity index is 680. The van der Waals surface area contributed by atoms with Gasteiger partial charge in [0.1, 0.15) is 5.01 Å². The van der Waals surface area contributed by atoms with Crippen molar-refractivity contribution < 1.29 is 9.90 Å². The van der Waals surface area contributed by atoms with Crippen LogP contribution in [0.25, 0.3) is 10.6 Å². The van der Waals surface area contributed by atoms with Crippen molar-refractivity contribution in [2.75, 3.05) is 13.1 Å². The summed E-state index contributed by atoms with van der Waals surface area (Å²) in [6, 6.07) is 8.37. The van der Waals surface area contributed by atoms with Gasteiger partial charge >= 0.3 is 5.97 Å². The van der Waals surface area contributed by atoms with Crippen molar-refractivity contribution >= 4 is 17.3 Å². The van der Waals surface area contributed by atoms with Crippen LogP contribution < -0.4 is 0 Å². The number of rotatable bonds is 4. The van der Waals surface area contributed by atoms with Gasteiger partial charge in [0.25, 0.3) is 0 Å². The van der Waals surface area contributed by atoms with Gasteiger partial charge in [-0.15, -0.1) is 11.3 Å². The Morgan fingerprint density at radius 3 is 2.77 bits per heavy atom. The molecule has 22 heavy (non-hydrogen) atoms. The van der Waals surface area contributed by atoms with E-state index >= 15 is 0 Å². The van der Waals surface area contributed by atoms with E-state index < -0.39 is 11.4 Å². The number of carboxylic acids is 1. The molecule has 1 saturated heterocycles. The Balaban J connectivity index is 1.68. The summed E-state index contributed by atoms with van der Waals surface area (Å²) in [4.78, 5) is 18.2. The number of hydrogen-bond acceptors (Lipinski definition) is 4. The molecule has 0 aliphatic carbocycles. The fourth-order valence-corrected chi connectivity index (χ4v) is 3.62. The molecule has 0 spiro atoms. The van der Waals surface area contributed by atoms with E-state index in [0.717, 1.165) is 29.4 Å². The van der Waals surface area contributed by atoms with Crippen LogP contribution in [0, 0.1) is 12.3 Å². The van der Waals surface area contributed by atoms with Gasteiger partial charge in [-0.3, -0.25) is 9.69 Å². The lowest BCUT2D eigenvalue weighted by molar-refractivity contribution is -0.147. The van der Waals surface area contributed by atoms with Crippen molar-refractivity contribution in [3.63, 3.8) is 0 Å². The number of carboxylic acid groups (broad SMARTS) is 1. The molecule has 1 fully saturated rings. The molecule has 1 aromatic carbocycles. The molecule has 1 atom stereocenters. The summed E-state index contributed by atoms with van der Waals surface area (Å²) in [7, 11) is 0. The first-order chi connectivity index (χ1) is 10.5. The summed E-state index contributed by atoms with van der Waals surface area (Å²) >= 11 is 1.64. The predicted molar refractivity (Wildman–Crippen MR) is 87.9 cm³/mol. The highest BCUT2D eigenvalue weighted by molar-refractivity contribution is 7.13. The van der Waals surface area contributed by atoms with Crippen LogP contribution in [0.5, 0.6) is 0 Å². The molecule has 2 heterocycles. The van der Waals surface area contributed by atoms with Gasteiger partial charge in [0, 0.05) is 24.0 Å². The lowest BCUT2D eigenvalue weighted by Crippen LogP contribution is -2.31. The smallest absolute Gasteiger partial charge is 0.310 e. The SMILES string of the molecule is Cc1ccc(-c2nc(CN3CCC(C)(C(=O)O)C3)cs2)cc1. The van der Waals surface area contributed by atoms with E-state index in [-0.39, 0.29) is 0 Å². The van der Waals surface area contributed by atoms with Crippen LogP contribution in [0.4, 0.5) is 0 Å². The Labute approximate surface area is 134 Å². The van der Waals surface area contributed by atoms with Crippen LogP contribution in [0.3, 0.4) is 0 Å². The Hall–Kier alpha value is -1.72. The first kappa shape index (κ1) is 15.2.